The second kappa shape index (κ2) is 2.43. The van der Waals surface area contributed by atoms with Crippen LogP contribution in [0.25, 0.3) is 0 Å². The van der Waals surface area contributed by atoms with Gasteiger partial charge in [0.15, 0.2) is 0 Å². The summed E-state index contributed by atoms with van der Waals surface area (Å²) >= 11 is 0. The fraction of sp³-hybridized carbons (Fsp3) is 0.333. The molecule has 0 saturated heterocycles. The van der Waals surface area contributed by atoms with E-state index in [0.29, 0.717) is 0 Å². The molecule has 1 nitrogen and oxygen atoms in total. The predicted octanol–water partition coefficient (Wildman–Crippen LogP) is 1.81. The quantitative estimate of drug-likeness (QED) is 0.538. The Bertz CT molecular complexity index is 221. The van der Waals surface area contributed by atoms with Crippen LogP contribution < -0.4 is 0 Å². The lowest BCUT2D eigenvalue weighted by Gasteiger charge is -2.16. The van der Waals surface area contributed by atoms with Gasteiger partial charge < -0.3 is 5.11 Å². The van der Waals surface area contributed by atoms with Crippen LogP contribution in [0.3, 0.4) is 0 Å². The molecule has 1 unspecified atom stereocenters. The first-order valence-electron chi connectivity index (χ1n) is 3.35. The van der Waals surface area contributed by atoms with Gasteiger partial charge in [-0.25, -0.2) is 0 Å². The number of aliphatic hydroxyl groups is 1. The molecule has 54 valence electrons. The highest BCUT2D eigenvalue weighted by atomic mass is 16.3. The second-order valence-corrected chi connectivity index (χ2v) is 2.71. The molecule has 0 heterocycles. The third-order valence-corrected chi connectivity index (χ3v) is 1.73. The lowest BCUT2D eigenvalue weighted by molar-refractivity contribution is 0.260. The van der Waals surface area contributed by atoms with E-state index < -0.39 is 6.10 Å². The fourth-order valence-corrected chi connectivity index (χ4v) is 1.07. The van der Waals surface area contributed by atoms with E-state index in [0.717, 1.165) is 16.7 Å². The highest BCUT2D eigenvalue weighted by Gasteiger charge is 2.11. The predicted molar refractivity (Wildman–Crippen MR) is 42.7 cm³/mol. The van der Waals surface area contributed by atoms with Gasteiger partial charge in [-0.2, -0.15) is 0 Å². The summed E-state index contributed by atoms with van der Waals surface area (Å²) in [6, 6.07) is 0. The molecule has 0 spiro atoms. The van der Waals surface area contributed by atoms with E-state index >= 15 is 0 Å². The average Bonchev–Trinajstić information content (AvgIpc) is 1.82. The minimum Gasteiger partial charge on any atom is -0.384 e. The highest BCUT2D eigenvalue weighted by Crippen LogP contribution is 2.20. The van der Waals surface area contributed by atoms with Crippen molar-refractivity contribution < 1.29 is 5.11 Å². The maximum absolute atomic E-state index is 9.30. The summed E-state index contributed by atoms with van der Waals surface area (Å²) in [4.78, 5) is 0. The average molecular weight is 136 g/mol. The smallest absolute Gasteiger partial charge is 0.0974 e. The molecule has 0 aromatic carbocycles. The Balaban J connectivity index is 2.95. The largest absolute Gasteiger partial charge is 0.384 e. The van der Waals surface area contributed by atoms with Crippen LogP contribution in [0.4, 0.5) is 0 Å². The molecule has 1 aliphatic rings. The molecule has 0 aromatic heterocycles. The van der Waals surface area contributed by atoms with Crippen LogP contribution >= 0.6 is 0 Å². The Labute approximate surface area is 61.4 Å². The summed E-state index contributed by atoms with van der Waals surface area (Å²) in [5.74, 6) is 0. The molecule has 0 aliphatic heterocycles. The van der Waals surface area contributed by atoms with E-state index in [1.54, 1.807) is 6.08 Å². The van der Waals surface area contributed by atoms with Crippen molar-refractivity contribution in [1.82, 2.24) is 0 Å². The van der Waals surface area contributed by atoms with Crippen molar-refractivity contribution >= 4 is 0 Å². The van der Waals surface area contributed by atoms with Crippen LogP contribution in [0.15, 0.2) is 35.5 Å². The van der Waals surface area contributed by atoms with Gasteiger partial charge in [0.25, 0.3) is 0 Å². The molecule has 0 aromatic rings. The van der Waals surface area contributed by atoms with Gasteiger partial charge in [0.05, 0.1) is 6.10 Å². The first kappa shape index (κ1) is 7.29. The molecule has 0 saturated carbocycles. The standard InChI is InChI=1S/C9H12O/c1-6-4-7(2)8(3)9(10)5-6/h4-5,9-10H,3H2,1-2H3. The van der Waals surface area contributed by atoms with Crippen LogP contribution in [0.1, 0.15) is 13.8 Å². The molecule has 10 heavy (non-hydrogen) atoms. The van der Waals surface area contributed by atoms with Crippen molar-refractivity contribution in [3.8, 4) is 0 Å². The molecule has 1 rings (SSSR count). The summed E-state index contributed by atoms with van der Waals surface area (Å²) in [7, 11) is 0. The molecule has 0 bridgehead atoms. The van der Waals surface area contributed by atoms with Gasteiger partial charge in [0.1, 0.15) is 0 Å². The van der Waals surface area contributed by atoms with Crippen molar-refractivity contribution in [3.05, 3.63) is 35.5 Å². The molecule has 1 N–H and O–H groups in total. The van der Waals surface area contributed by atoms with Gasteiger partial charge in [-0.15, -0.1) is 0 Å². The van der Waals surface area contributed by atoms with E-state index in [2.05, 4.69) is 6.58 Å². The van der Waals surface area contributed by atoms with Crippen LogP contribution in [-0.4, -0.2) is 11.2 Å². The fourth-order valence-electron chi connectivity index (χ4n) is 1.07. The van der Waals surface area contributed by atoms with E-state index in [4.69, 9.17) is 0 Å². The van der Waals surface area contributed by atoms with Gasteiger partial charge in [-0.3, -0.25) is 0 Å². The Morgan fingerprint density at radius 2 is 2.10 bits per heavy atom. The van der Waals surface area contributed by atoms with Gasteiger partial charge in [-0.05, 0) is 31.1 Å². The van der Waals surface area contributed by atoms with Gasteiger partial charge in [0, 0.05) is 0 Å². The maximum Gasteiger partial charge on any atom is 0.0974 e. The molecule has 0 radical (unpaired) electrons. The highest BCUT2D eigenvalue weighted by molar-refractivity contribution is 5.43. The first-order chi connectivity index (χ1) is 4.61. The van der Waals surface area contributed by atoms with Gasteiger partial charge in [-0.1, -0.05) is 18.2 Å². The normalized spacial score (nSPS) is 25.9. The van der Waals surface area contributed by atoms with Crippen molar-refractivity contribution in [1.29, 1.82) is 0 Å². The second-order valence-electron chi connectivity index (χ2n) is 2.71. The van der Waals surface area contributed by atoms with Crippen LogP contribution in [0.5, 0.6) is 0 Å². The van der Waals surface area contributed by atoms with Crippen LogP contribution in [0, 0.1) is 0 Å². The minimum absolute atomic E-state index is 0.468. The Hall–Kier alpha value is -0.820. The number of hydrogen-bond donors (Lipinski definition) is 1. The maximum atomic E-state index is 9.30. The molecule has 1 heteroatoms. The molecule has 0 amide bonds. The number of aliphatic hydroxyl groups excluding tert-OH is 1. The van der Waals surface area contributed by atoms with E-state index in [1.807, 2.05) is 19.9 Å². The number of hydrogen-bond acceptors (Lipinski definition) is 1. The topological polar surface area (TPSA) is 20.2 Å². The first-order valence-corrected chi connectivity index (χ1v) is 3.35. The summed E-state index contributed by atoms with van der Waals surface area (Å²) in [5.41, 5.74) is 3.00. The van der Waals surface area contributed by atoms with Gasteiger partial charge in [0.2, 0.25) is 0 Å². The lowest BCUT2D eigenvalue weighted by Crippen LogP contribution is -2.10. The van der Waals surface area contributed by atoms with Crippen molar-refractivity contribution in [2.45, 2.75) is 20.0 Å². The Kier molecular flexibility index (Phi) is 1.77. The van der Waals surface area contributed by atoms with E-state index in [-0.39, 0.29) is 0 Å². The number of rotatable bonds is 0. The monoisotopic (exact) mass is 136 g/mol. The third kappa shape index (κ3) is 1.19. The van der Waals surface area contributed by atoms with E-state index in [9.17, 15) is 5.11 Å². The summed E-state index contributed by atoms with van der Waals surface area (Å²) in [6.45, 7) is 7.68. The van der Waals surface area contributed by atoms with Crippen molar-refractivity contribution in [2.24, 2.45) is 0 Å². The molecule has 1 aliphatic carbocycles. The zero-order valence-corrected chi connectivity index (χ0v) is 6.39. The van der Waals surface area contributed by atoms with Crippen LogP contribution in [0.2, 0.25) is 0 Å². The summed E-state index contributed by atoms with van der Waals surface area (Å²) in [5, 5.41) is 9.30. The summed E-state index contributed by atoms with van der Waals surface area (Å²) in [6.07, 6.45) is 3.36. The van der Waals surface area contributed by atoms with Gasteiger partial charge >= 0.3 is 0 Å². The van der Waals surface area contributed by atoms with E-state index in [1.165, 1.54) is 0 Å². The lowest BCUT2D eigenvalue weighted by atomic mass is 9.95. The third-order valence-electron chi connectivity index (χ3n) is 1.73. The molecular weight excluding hydrogens is 124 g/mol. The van der Waals surface area contributed by atoms with Crippen molar-refractivity contribution in [3.63, 3.8) is 0 Å². The van der Waals surface area contributed by atoms with Crippen molar-refractivity contribution in [2.75, 3.05) is 0 Å². The zero-order chi connectivity index (χ0) is 7.72. The Morgan fingerprint density at radius 1 is 1.50 bits per heavy atom. The summed E-state index contributed by atoms with van der Waals surface area (Å²) < 4.78 is 0. The molecular formula is C9H12O. The molecule has 0 fully saturated rings. The zero-order valence-electron chi connectivity index (χ0n) is 6.39. The number of allylic oxidation sites excluding steroid dienone is 2. The minimum atomic E-state index is -0.468. The van der Waals surface area contributed by atoms with Crippen LogP contribution in [-0.2, 0) is 0 Å². The molecule has 1 atom stereocenters. The SMILES string of the molecule is C=C1C(C)=CC(C)=CC1O. The Morgan fingerprint density at radius 3 is 2.60 bits per heavy atom.